The highest BCUT2D eigenvalue weighted by Crippen LogP contribution is 2.21. The zero-order valence-corrected chi connectivity index (χ0v) is 17.0. The summed E-state index contributed by atoms with van der Waals surface area (Å²) < 4.78 is 7.46. The van der Waals surface area contributed by atoms with Crippen molar-refractivity contribution in [1.82, 2.24) is 14.9 Å². The molecule has 1 aliphatic heterocycles. The number of benzene rings is 1. The lowest BCUT2D eigenvalue weighted by atomic mass is 10.1. The lowest BCUT2D eigenvalue weighted by Gasteiger charge is -2.10. The van der Waals surface area contributed by atoms with E-state index < -0.39 is 0 Å². The quantitative estimate of drug-likeness (QED) is 0.683. The average molecular weight is 386 g/mol. The van der Waals surface area contributed by atoms with Gasteiger partial charge in [-0.25, -0.2) is 4.98 Å². The van der Waals surface area contributed by atoms with Crippen molar-refractivity contribution >= 4 is 28.5 Å². The summed E-state index contributed by atoms with van der Waals surface area (Å²) >= 11 is 0. The van der Waals surface area contributed by atoms with Gasteiger partial charge >= 0.3 is 0 Å². The third kappa shape index (κ3) is 5.10. The van der Waals surface area contributed by atoms with Crippen molar-refractivity contribution < 1.29 is 14.3 Å². The number of aryl methyl sites for hydroxylation is 2. The van der Waals surface area contributed by atoms with Crippen molar-refractivity contribution in [2.45, 2.75) is 52.1 Å². The van der Waals surface area contributed by atoms with Gasteiger partial charge < -0.3 is 19.9 Å². The van der Waals surface area contributed by atoms with E-state index in [2.05, 4.69) is 15.2 Å². The van der Waals surface area contributed by atoms with Gasteiger partial charge in [0.15, 0.2) is 0 Å². The van der Waals surface area contributed by atoms with Gasteiger partial charge in [-0.1, -0.05) is 13.8 Å². The van der Waals surface area contributed by atoms with Crippen molar-refractivity contribution in [3.63, 3.8) is 0 Å². The summed E-state index contributed by atoms with van der Waals surface area (Å²) in [5.74, 6) is 1.30. The van der Waals surface area contributed by atoms with E-state index in [0.29, 0.717) is 25.5 Å². The first-order valence-corrected chi connectivity index (χ1v) is 10.1. The molecule has 1 aromatic carbocycles. The largest absolute Gasteiger partial charge is 0.368 e. The summed E-state index contributed by atoms with van der Waals surface area (Å²) in [5, 5.41) is 5.88. The second kappa shape index (κ2) is 9.19. The average Bonchev–Trinajstić information content (AvgIpc) is 3.27. The molecule has 152 valence electrons. The van der Waals surface area contributed by atoms with E-state index in [1.54, 1.807) is 0 Å². The smallest absolute Gasteiger partial charge is 0.249 e. The summed E-state index contributed by atoms with van der Waals surface area (Å²) in [6.45, 7) is 5.34. The van der Waals surface area contributed by atoms with Crippen molar-refractivity contribution in [1.29, 1.82) is 0 Å². The van der Waals surface area contributed by atoms with Crippen LogP contribution in [0.2, 0.25) is 0 Å². The fourth-order valence-electron chi connectivity index (χ4n) is 3.49. The molecule has 2 N–H and O–H groups in total. The monoisotopic (exact) mass is 386 g/mol. The molecule has 3 rings (SSSR count). The van der Waals surface area contributed by atoms with Gasteiger partial charge in [0.25, 0.3) is 0 Å². The predicted molar refractivity (Wildman–Crippen MR) is 109 cm³/mol. The van der Waals surface area contributed by atoms with Crippen molar-refractivity contribution in [3.05, 3.63) is 24.0 Å². The van der Waals surface area contributed by atoms with Gasteiger partial charge in [0, 0.05) is 38.7 Å². The number of ether oxygens (including phenoxy) is 1. The molecule has 7 heteroatoms. The molecule has 1 aliphatic rings. The van der Waals surface area contributed by atoms with Crippen molar-refractivity contribution in [3.8, 4) is 0 Å². The molecule has 2 heterocycles. The first-order valence-electron chi connectivity index (χ1n) is 10.1. The van der Waals surface area contributed by atoms with Gasteiger partial charge in [0.2, 0.25) is 11.8 Å². The lowest BCUT2D eigenvalue weighted by molar-refractivity contribution is -0.130. The fraction of sp³-hybridized carbons (Fsp3) is 0.571. The van der Waals surface area contributed by atoms with Gasteiger partial charge in [-0.15, -0.1) is 0 Å². The molecule has 1 saturated heterocycles. The van der Waals surface area contributed by atoms with Crippen molar-refractivity contribution in [2.75, 3.05) is 18.5 Å². The molecule has 0 radical (unpaired) electrons. The van der Waals surface area contributed by atoms with E-state index in [-0.39, 0.29) is 17.9 Å². The predicted octanol–water partition coefficient (Wildman–Crippen LogP) is 2.79. The number of anilines is 1. The van der Waals surface area contributed by atoms with Crippen LogP contribution < -0.4 is 10.6 Å². The molecule has 0 aliphatic carbocycles. The molecular weight excluding hydrogens is 356 g/mol. The zero-order valence-electron chi connectivity index (χ0n) is 17.0. The molecule has 0 saturated carbocycles. The van der Waals surface area contributed by atoms with E-state index in [1.165, 1.54) is 0 Å². The molecule has 7 nitrogen and oxygen atoms in total. The van der Waals surface area contributed by atoms with Gasteiger partial charge in [-0.3, -0.25) is 9.59 Å². The maximum Gasteiger partial charge on any atom is 0.249 e. The summed E-state index contributed by atoms with van der Waals surface area (Å²) in [6.07, 6.45) is 3.58. The Balaban J connectivity index is 1.55. The van der Waals surface area contributed by atoms with E-state index in [4.69, 9.17) is 9.72 Å². The topological polar surface area (TPSA) is 85.2 Å². The maximum atomic E-state index is 12.0. The number of hydrogen-bond donors (Lipinski definition) is 2. The highest BCUT2D eigenvalue weighted by atomic mass is 16.5. The van der Waals surface area contributed by atoms with Crippen LogP contribution in [0, 0.1) is 5.92 Å². The molecule has 2 amide bonds. The number of carbonyl (C=O) groups is 2. The SMILES string of the molecule is CC(C)CC(=O)Nc1ccc2c(c1)nc(CCCNC(=O)[C@H]1CCCO1)n2C. The highest BCUT2D eigenvalue weighted by Gasteiger charge is 2.22. The van der Waals surface area contributed by atoms with Gasteiger partial charge in [0.05, 0.1) is 11.0 Å². The molecule has 1 aromatic heterocycles. The Hall–Kier alpha value is -2.41. The van der Waals surface area contributed by atoms with Gasteiger partial charge in [0.1, 0.15) is 11.9 Å². The van der Waals surface area contributed by atoms with Crippen LogP contribution in [0.3, 0.4) is 0 Å². The molecule has 28 heavy (non-hydrogen) atoms. The minimum Gasteiger partial charge on any atom is -0.368 e. The Bertz CT molecular complexity index is 838. The van der Waals surface area contributed by atoms with Crippen LogP contribution in [0.5, 0.6) is 0 Å². The van der Waals surface area contributed by atoms with Gasteiger partial charge in [-0.2, -0.15) is 0 Å². The van der Waals surface area contributed by atoms with E-state index in [9.17, 15) is 9.59 Å². The fourth-order valence-corrected chi connectivity index (χ4v) is 3.49. The normalized spacial score (nSPS) is 16.6. The third-order valence-electron chi connectivity index (χ3n) is 4.95. The second-order valence-electron chi connectivity index (χ2n) is 7.83. The Kier molecular flexibility index (Phi) is 6.67. The summed E-state index contributed by atoms with van der Waals surface area (Å²) in [6, 6.07) is 5.81. The molecule has 0 unspecified atom stereocenters. The van der Waals surface area contributed by atoms with Crippen LogP contribution in [-0.4, -0.2) is 40.6 Å². The minimum atomic E-state index is -0.278. The van der Waals surface area contributed by atoms with Gasteiger partial charge in [-0.05, 0) is 43.4 Å². The maximum absolute atomic E-state index is 12.0. The zero-order chi connectivity index (χ0) is 20.1. The lowest BCUT2D eigenvalue weighted by Crippen LogP contribution is -2.34. The molecule has 0 bridgehead atoms. The summed E-state index contributed by atoms with van der Waals surface area (Å²) in [7, 11) is 1.99. The number of hydrogen-bond acceptors (Lipinski definition) is 4. The Morgan fingerprint density at radius 2 is 2.18 bits per heavy atom. The minimum absolute atomic E-state index is 0.00992. The van der Waals surface area contributed by atoms with Crippen molar-refractivity contribution in [2.24, 2.45) is 13.0 Å². The van der Waals surface area contributed by atoms with Crippen LogP contribution in [0.1, 0.15) is 45.4 Å². The van der Waals surface area contributed by atoms with E-state index >= 15 is 0 Å². The number of fused-ring (bicyclic) bond motifs is 1. The Morgan fingerprint density at radius 3 is 2.89 bits per heavy atom. The number of aromatic nitrogens is 2. The van der Waals surface area contributed by atoms with Crippen LogP contribution in [0.25, 0.3) is 11.0 Å². The number of imidazole rings is 1. The molecule has 1 fully saturated rings. The van der Waals surface area contributed by atoms with Crippen LogP contribution in [0.4, 0.5) is 5.69 Å². The number of carbonyl (C=O) groups excluding carboxylic acids is 2. The van der Waals surface area contributed by atoms with Crippen LogP contribution >= 0.6 is 0 Å². The summed E-state index contributed by atoms with van der Waals surface area (Å²) in [5.41, 5.74) is 2.66. The van der Waals surface area contributed by atoms with E-state index in [1.807, 2.05) is 39.1 Å². The number of nitrogens with one attached hydrogen (secondary N) is 2. The number of nitrogens with zero attached hydrogens (tertiary/aromatic N) is 2. The van der Waals surface area contributed by atoms with E-state index in [0.717, 1.165) is 48.2 Å². The standard InChI is InChI=1S/C21H30N4O3/c1-14(2)12-20(26)23-15-8-9-17-16(13-15)24-19(25(17)3)7-4-10-22-21(27)18-6-5-11-28-18/h8-9,13-14,18H,4-7,10-12H2,1-3H3,(H,22,27)(H,23,26)/t18-/m1/s1. The summed E-state index contributed by atoms with van der Waals surface area (Å²) in [4.78, 5) is 28.7. The highest BCUT2D eigenvalue weighted by molar-refractivity contribution is 5.93. The Morgan fingerprint density at radius 1 is 1.36 bits per heavy atom. The second-order valence-corrected chi connectivity index (χ2v) is 7.83. The molecule has 1 atom stereocenters. The number of rotatable bonds is 8. The molecule has 0 spiro atoms. The first kappa shape index (κ1) is 20.3. The molecular formula is C21H30N4O3. The number of amides is 2. The van der Waals surface area contributed by atoms with Crippen LogP contribution in [0.15, 0.2) is 18.2 Å². The first-order chi connectivity index (χ1) is 13.4. The Labute approximate surface area is 165 Å². The van der Waals surface area contributed by atoms with Crippen LogP contribution in [-0.2, 0) is 27.8 Å². The third-order valence-corrected chi connectivity index (χ3v) is 4.95. The molecule has 2 aromatic rings.